The zero-order valence-electron chi connectivity index (χ0n) is 8.02. The first kappa shape index (κ1) is 8.70. The van der Waals surface area contributed by atoms with E-state index in [9.17, 15) is 4.39 Å². The highest BCUT2D eigenvalue weighted by Crippen LogP contribution is 2.43. The van der Waals surface area contributed by atoms with E-state index in [0.29, 0.717) is 0 Å². The van der Waals surface area contributed by atoms with E-state index in [1.807, 2.05) is 13.0 Å². The van der Waals surface area contributed by atoms with Gasteiger partial charge in [0.05, 0.1) is 0 Å². The Morgan fingerprint density at radius 3 is 2.38 bits per heavy atom. The highest BCUT2D eigenvalue weighted by molar-refractivity contribution is 5.37. The van der Waals surface area contributed by atoms with Gasteiger partial charge >= 0.3 is 0 Å². The van der Waals surface area contributed by atoms with Crippen LogP contribution in [0.1, 0.15) is 29.5 Å². The molecule has 0 heterocycles. The van der Waals surface area contributed by atoms with Gasteiger partial charge in [0.2, 0.25) is 0 Å². The number of nitrogens with two attached hydrogens (primary N) is 1. The summed E-state index contributed by atoms with van der Waals surface area (Å²) >= 11 is 0. The van der Waals surface area contributed by atoms with E-state index in [1.54, 1.807) is 13.0 Å². The summed E-state index contributed by atoms with van der Waals surface area (Å²) < 4.78 is 13.3. The summed E-state index contributed by atoms with van der Waals surface area (Å²) in [6.07, 6.45) is 1.96. The van der Waals surface area contributed by atoms with E-state index >= 15 is 0 Å². The van der Waals surface area contributed by atoms with Crippen molar-refractivity contribution in [2.24, 2.45) is 5.73 Å². The van der Waals surface area contributed by atoms with Crippen LogP contribution < -0.4 is 5.73 Å². The average molecular weight is 179 g/mol. The minimum Gasteiger partial charge on any atom is -0.321 e. The number of rotatable bonds is 1. The van der Waals surface area contributed by atoms with Crippen molar-refractivity contribution < 1.29 is 4.39 Å². The van der Waals surface area contributed by atoms with Crippen LogP contribution in [-0.4, -0.2) is 0 Å². The van der Waals surface area contributed by atoms with E-state index in [-0.39, 0.29) is 11.4 Å². The lowest BCUT2D eigenvalue weighted by atomic mass is 9.99. The first-order valence-corrected chi connectivity index (χ1v) is 4.59. The van der Waals surface area contributed by atoms with Crippen LogP contribution in [0.3, 0.4) is 0 Å². The molecule has 1 fully saturated rings. The molecule has 70 valence electrons. The fourth-order valence-corrected chi connectivity index (χ4v) is 1.53. The molecule has 1 saturated carbocycles. The fraction of sp³-hybridized carbons (Fsp3) is 0.455. The van der Waals surface area contributed by atoms with Crippen molar-refractivity contribution in [3.05, 3.63) is 34.6 Å². The van der Waals surface area contributed by atoms with Crippen molar-refractivity contribution in [1.29, 1.82) is 0 Å². The summed E-state index contributed by atoms with van der Waals surface area (Å²) in [5.41, 5.74) is 8.44. The van der Waals surface area contributed by atoms with Gasteiger partial charge in [0.1, 0.15) is 5.82 Å². The highest BCUT2D eigenvalue weighted by atomic mass is 19.1. The summed E-state index contributed by atoms with van der Waals surface area (Å²) in [6, 6.07) is 3.58. The van der Waals surface area contributed by atoms with Crippen molar-refractivity contribution in [3.8, 4) is 0 Å². The smallest absolute Gasteiger partial charge is 0.126 e. The minimum atomic E-state index is -0.223. The van der Waals surface area contributed by atoms with Gasteiger partial charge in [-0.25, -0.2) is 4.39 Å². The SMILES string of the molecule is Cc1cc(C2(N)CC2)cc(F)c1C. The Bertz CT molecular complexity index is 330. The zero-order chi connectivity index (χ0) is 9.64. The maximum absolute atomic E-state index is 13.3. The molecule has 0 atom stereocenters. The average Bonchev–Trinajstić information content (AvgIpc) is 2.80. The number of benzene rings is 1. The largest absolute Gasteiger partial charge is 0.321 e. The Kier molecular flexibility index (Phi) is 1.70. The van der Waals surface area contributed by atoms with Gasteiger partial charge in [-0.15, -0.1) is 0 Å². The minimum absolute atomic E-state index is 0.133. The van der Waals surface area contributed by atoms with Gasteiger partial charge in [-0.3, -0.25) is 0 Å². The third-order valence-electron chi connectivity index (χ3n) is 2.97. The molecular weight excluding hydrogens is 165 g/mol. The summed E-state index contributed by atoms with van der Waals surface area (Å²) in [5, 5.41) is 0. The van der Waals surface area contributed by atoms with Gasteiger partial charge < -0.3 is 5.73 Å². The molecule has 0 radical (unpaired) electrons. The second-order valence-electron chi connectivity index (χ2n) is 4.06. The standard InChI is InChI=1S/C11H14FN/c1-7-5-9(11(13)3-4-11)6-10(12)8(7)2/h5-6H,3-4,13H2,1-2H3. The second-order valence-corrected chi connectivity index (χ2v) is 4.06. The van der Waals surface area contributed by atoms with Crippen LogP contribution in [0, 0.1) is 19.7 Å². The number of halogens is 1. The van der Waals surface area contributed by atoms with E-state index < -0.39 is 0 Å². The van der Waals surface area contributed by atoms with Gasteiger partial charge in [-0.05, 0) is 49.4 Å². The molecule has 13 heavy (non-hydrogen) atoms. The Hall–Kier alpha value is -0.890. The third-order valence-corrected chi connectivity index (χ3v) is 2.97. The summed E-state index contributed by atoms with van der Waals surface area (Å²) in [5.74, 6) is -0.133. The van der Waals surface area contributed by atoms with Crippen molar-refractivity contribution in [1.82, 2.24) is 0 Å². The van der Waals surface area contributed by atoms with Gasteiger partial charge in [-0.2, -0.15) is 0 Å². The van der Waals surface area contributed by atoms with Crippen molar-refractivity contribution in [2.45, 2.75) is 32.2 Å². The number of aryl methyl sites for hydroxylation is 1. The van der Waals surface area contributed by atoms with Crippen LogP contribution in [0.5, 0.6) is 0 Å². The summed E-state index contributed by atoms with van der Waals surface area (Å²) in [7, 11) is 0. The zero-order valence-corrected chi connectivity index (χ0v) is 8.02. The third kappa shape index (κ3) is 1.35. The van der Waals surface area contributed by atoms with Crippen LogP contribution in [0.4, 0.5) is 4.39 Å². The molecule has 2 N–H and O–H groups in total. The molecule has 1 aromatic rings. The van der Waals surface area contributed by atoms with Crippen LogP contribution in [0.25, 0.3) is 0 Å². The first-order chi connectivity index (χ1) is 6.03. The number of hydrogen-bond acceptors (Lipinski definition) is 1. The summed E-state index contributed by atoms with van der Waals surface area (Å²) in [4.78, 5) is 0. The molecule has 1 aromatic carbocycles. The van der Waals surface area contributed by atoms with Gasteiger partial charge in [0, 0.05) is 5.54 Å². The van der Waals surface area contributed by atoms with Gasteiger partial charge in [0.15, 0.2) is 0 Å². The lowest BCUT2D eigenvalue weighted by molar-refractivity contribution is 0.607. The molecule has 1 aliphatic rings. The summed E-state index contributed by atoms with van der Waals surface area (Å²) in [6.45, 7) is 3.72. The molecule has 2 rings (SSSR count). The normalized spacial score (nSPS) is 18.8. The lowest BCUT2D eigenvalue weighted by Gasteiger charge is -2.12. The van der Waals surface area contributed by atoms with Gasteiger partial charge in [-0.1, -0.05) is 6.07 Å². The molecule has 0 amide bonds. The molecular formula is C11H14FN. The van der Waals surface area contributed by atoms with E-state index in [4.69, 9.17) is 5.73 Å². The molecule has 0 unspecified atom stereocenters. The van der Waals surface area contributed by atoms with Crippen LogP contribution in [0.15, 0.2) is 12.1 Å². The Morgan fingerprint density at radius 1 is 1.31 bits per heavy atom. The molecule has 0 saturated heterocycles. The van der Waals surface area contributed by atoms with Crippen LogP contribution in [-0.2, 0) is 5.54 Å². The van der Waals surface area contributed by atoms with Crippen LogP contribution in [0.2, 0.25) is 0 Å². The van der Waals surface area contributed by atoms with E-state index in [2.05, 4.69) is 0 Å². The first-order valence-electron chi connectivity index (χ1n) is 4.59. The van der Waals surface area contributed by atoms with E-state index in [0.717, 1.165) is 29.5 Å². The topological polar surface area (TPSA) is 26.0 Å². The maximum Gasteiger partial charge on any atom is 0.126 e. The Morgan fingerprint density at radius 2 is 1.92 bits per heavy atom. The van der Waals surface area contributed by atoms with Crippen LogP contribution >= 0.6 is 0 Å². The van der Waals surface area contributed by atoms with Crippen molar-refractivity contribution >= 4 is 0 Å². The predicted octanol–water partition coefficient (Wildman–Crippen LogP) is 2.39. The predicted molar refractivity (Wildman–Crippen MR) is 51.0 cm³/mol. The molecule has 2 heteroatoms. The molecule has 0 aliphatic heterocycles. The number of hydrogen-bond donors (Lipinski definition) is 1. The van der Waals surface area contributed by atoms with Crippen molar-refractivity contribution in [2.75, 3.05) is 0 Å². The molecule has 1 nitrogen and oxygen atoms in total. The maximum atomic E-state index is 13.3. The Labute approximate surface area is 77.8 Å². The highest BCUT2D eigenvalue weighted by Gasteiger charge is 2.40. The molecule has 0 spiro atoms. The lowest BCUT2D eigenvalue weighted by Crippen LogP contribution is -2.19. The van der Waals surface area contributed by atoms with E-state index in [1.165, 1.54) is 0 Å². The quantitative estimate of drug-likeness (QED) is 0.703. The molecule has 0 bridgehead atoms. The van der Waals surface area contributed by atoms with Gasteiger partial charge in [0.25, 0.3) is 0 Å². The molecule has 0 aromatic heterocycles. The second kappa shape index (κ2) is 2.55. The monoisotopic (exact) mass is 179 g/mol. The fourth-order valence-electron chi connectivity index (χ4n) is 1.53. The van der Waals surface area contributed by atoms with Crippen molar-refractivity contribution in [3.63, 3.8) is 0 Å². The Balaban J connectivity index is 2.50. The molecule has 1 aliphatic carbocycles.